The standard InChI is InChI=1S/C13H13NO2S/c1-3-12(15-5-1)10-7-9-8-11(14(10)16-9)13-4-2-6-17-13/h1-6,9-11H,7-8H2/t9-,10-,11+/m0/s1. The summed E-state index contributed by atoms with van der Waals surface area (Å²) in [6.45, 7) is 0. The van der Waals surface area contributed by atoms with Gasteiger partial charge in [-0.3, -0.25) is 4.84 Å². The van der Waals surface area contributed by atoms with E-state index in [0.29, 0.717) is 12.1 Å². The Kier molecular flexibility index (Phi) is 2.15. The number of thiophene rings is 1. The van der Waals surface area contributed by atoms with E-state index in [1.165, 1.54) is 4.88 Å². The first kappa shape index (κ1) is 9.88. The molecule has 2 aromatic rings. The predicted molar refractivity (Wildman–Crippen MR) is 64.5 cm³/mol. The highest BCUT2D eigenvalue weighted by atomic mass is 32.1. The van der Waals surface area contributed by atoms with Crippen molar-refractivity contribution in [3.8, 4) is 0 Å². The van der Waals surface area contributed by atoms with E-state index in [9.17, 15) is 0 Å². The van der Waals surface area contributed by atoms with Gasteiger partial charge in [0.1, 0.15) is 5.76 Å². The summed E-state index contributed by atoms with van der Waals surface area (Å²) in [7, 11) is 0. The van der Waals surface area contributed by atoms with Gasteiger partial charge in [-0.1, -0.05) is 6.07 Å². The number of piperidine rings is 1. The maximum atomic E-state index is 5.93. The van der Waals surface area contributed by atoms with Gasteiger partial charge >= 0.3 is 0 Å². The second-order valence-corrected chi connectivity index (χ2v) is 5.60. The van der Waals surface area contributed by atoms with Gasteiger partial charge in [0.2, 0.25) is 0 Å². The number of nitrogens with zero attached hydrogens (tertiary/aromatic N) is 1. The monoisotopic (exact) mass is 247 g/mol. The van der Waals surface area contributed by atoms with Crippen LogP contribution in [0.1, 0.15) is 35.6 Å². The highest BCUT2D eigenvalue weighted by molar-refractivity contribution is 7.10. The van der Waals surface area contributed by atoms with E-state index in [0.717, 1.165) is 18.6 Å². The van der Waals surface area contributed by atoms with Gasteiger partial charge in [0.25, 0.3) is 0 Å². The van der Waals surface area contributed by atoms with Gasteiger partial charge < -0.3 is 4.42 Å². The van der Waals surface area contributed by atoms with Crippen molar-refractivity contribution >= 4 is 11.3 Å². The first-order valence-corrected chi connectivity index (χ1v) is 6.82. The van der Waals surface area contributed by atoms with Crippen LogP contribution in [0.5, 0.6) is 0 Å². The lowest BCUT2D eigenvalue weighted by Gasteiger charge is -2.27. The SMILES string of the molecule is c1coc([C@@H]2C[C@H]3C[C@H](c4cccs4)N2O3)c1. The van der Waals surface area contributed by atoms with E-state index < -0.39 is 0 Å². The minimum Gasteiger partial charge on any atom is -0.468 e. The fraction of sp³-hybridized carbons (Fsp3) is 0.385. The number of hydrogen-bond donors (Lipinski definition) is 0. The third-order valence-electron chi connectivity index (χ3n) is 3.60. The number of fused-ring (bicyclic) bond motifs is 2. The van der Waals surface area contributed by atoms with Crippen LogP contribution in [0, 0.1) is 0 Å². The van der Waals surface area contributed by atoms with Crippen molar-refractivity contribution in [3.05, 3.63) is 46.5 Å². The molecule has 0 amide bonds. The lowest BCUT2D eigenvalue weighted by Crippen LogP contribution is -2.25. The summed E-state index contributed by atoms with van der Waals surface area (Å²) < 4.78 is 5.52. The Bertz CT molecular complexity index is 449. The molecule has 4 atom stereocenters. The highest BCUT2D eigenvalue weighted by Gasteiger charge is 2.48. The minimum atomic E-state index is 0.288. The second kappa shape index (κ2) is 3.70. The molecule has 4 rings (SSSR count). The molecule has 1 unspecified atom stereocenters. The molecule has 2 aliphatic rings. The Balaban J connectivity index is 1.65. The van der Waals surface area contributed by atoms with E-state index >= 15 is 0 Å². The molecule has 2 bridgehead atoms. The van der Waals surface area contributed by atoms with Crippen LogP contribution in [-0.4, -0.2) is 11.2 Å². The average molecular weight is 247 g/mol. The summed E-state index contributed by atoms with van der Waals surface area (Å²) in [5, 5.41) is 4.26. The zero-order valence-corrected chi connectivity index (χ0v) is 10.1. The second-order valence-electron chi connectivity index (χ2n) is 4.62. The Labute approximate surface area is 104 Å². The Morgan fingerprint density at radius 3 is 2.82 bits per heavy atom. The van der Waals surface area contributed by atoms with Crippen molar-refractivity contribution in [2.24, 2.45) is 0 Å². The molecule has 2 fully saturated rings. The van der Waals surface area contributed by atoms with E-state index in [2.05, 4.69) is 22.6 Å². The van der Waals surface area contributed by atoms with E-state index in [-0.39, 0.29) is 6.04 Å². The lowest BCUT2D eigenvalue weighted by atomic mass is 9.95. The van der Waals surface area contributed by atoms with Crippen LogP contribution in [0.2, 0.25) is 0 Å². The number of hydroxylamine groups is 2. The van der Waals surface area contributed by atoms with Crippen LogP contribution < -0.4 is 0 Å². The van der Waals surface area contributed by atoms with Crippen molar-refractivity contribution in [1.29, 1.82) is 0 Å². The number of furan rings is 1. The third kappa shape index (κ3) is 1.48. The molecule has 2 aromatic heterocycles. The molecule has 2 aliphatic heterocycles. The van der Waals surface area contributed by atoms with Gasteiger partial charge in [0.05, 0.1) is 24.5 Å². The molecule has 0 radical (unpaired) electrons. The molecular weight excluding hydrogens is 234 g/mol. The maximum absolute atomic E-state index is 5.93. The molecule has 17 heavy (non-hydrogen) atoms. The normalized spacial score (nSPS) is 35.5. The molecule has 88 valence electrons. The van der Waals surface area contributed by atoms with Crippen LogP contribution in [0.3, 0.4) is 0 Å². The molecule has 0 spiro atoms. The van der Waals surface area contributed by atoms with Gasteiger partial charge in [-0.25, -0.2) is 0 Å². The quantitative estimate of drug-likeness (QED) is 0.811. The maximum Gasteiger partial charge on any atom is 0.123 e. The van der Waals surface area contributed by atoms with Crippen molar-refractivity contribution in [2.45, 2.75) is 31.0 Å². The summed E-state index contributed by atoms with van der Waals surface area (Å²) in [6.07, 6.45) is 4.26. The number of hydrogen-bond acceptors (Lipinski definition) is 4. The smallest absolute Gasteiger partial charge is 0.123 e. The van der Waals surface area contributed by atoms with Gasteiger partial charge in [-0.05, 0) is 30.0 Å². The summed E-state index contributed by atoms with van der Waals surface area (Å²) in [6, 6.07) is 8.98. The number of rotatable bonds is 2. The van der Waals surface area contributed by atoms with E-state index in [1.54, 1.807) is 17.6 Å². The zero-order valence-electron chi connectivity index (χ0n) is 9.28. The molecule has 0 aromatic carbocycles. The molecule has 3 nitrogen and oxygen atoms in total. The van der Waals surface area contributed by atoms with Gasteiger partial charge in [-0.15, -0.1) is 11.3 Å². The molecule has 0 saturated carbocycles. The van der Waals surface area contributed by atoms with Crippen molar-refractivity contribution in [2.75, 3.05) is 0 Å². The largest absolute Gasteiger partial charge is 0.468 e. The summed E-state index contributed by atoms with van der Waals surface area (Å²) in [4.78, 5) is 7.32. The van der Waals surface area contributed by atoms with Crippen LogP contribution in [0.4, 0.5) is 0 Å². The first-order valence-electron chi connectivity index (χ1n) is 5.94. The molecule has 4 heteroatoms. The van der Waals surface area contributed by atoms with E-state index in [4.69, 9.17) is 9.25 Å². The Morgan fingerprint density at radius 2 is 2.12 bits per heavy atom. The fourth-order valence-corrected chi connectivity index (χ4v) is 3.70. The topological polar surface area (TPSA) is 25.6 Å². The molecule has 0 aliphatic carbocycles. The van der Waals surface area contributed by atoms with Gasteiger partial charge in [0, 0.05) is 11.3 Å². The molecular formula is C13H13NO2S. The zero-order chi connectivity index (χ0) is 11.2. The average Bonchev–Trinajstić information content (AvgIpc) is 3.12. The fourth-order valence-electron chi connectivity index (χ4n) is 2.87. The van der Waals surface area contributed by atoms with Gasteiger partial charge in [-0.2, -0.15) is 5.06 Å². The Morgan fingerprint density at radius 1 is 1.18 bits per heavy atom. The Hall–Kier alpha value is -1.10. The molecule has 0 N–H and O–H groups in total. The summed E-state index contributed by atoms with van der Waals surface area (Å²) in [5.41, 5.74) is 0. The molecule has 2 saturated heterocycles. The lowest BCUT2D eigenvalue weighted by molar-refractivity contribution is -0.138. The van der Waals surface area contributed by atoms with Crippen LogP contribution in [0.25, 0.3) is 0 Å². The summed E-state index contributed by atoms with van der Waals surface area (Å²) in [5.74, 6) is 1.02. The first-order chi connectivity index (χ1) is 8.42. The van der Waals surface area contributed by atoms with Crippen LogP contribution in [-0.2, 0) is 4.84 Å². The summed E-state index contributed by atoms with van der Waals surface area (Å²) >= 11 is 1.81. The van der Waals surface area contributed by atoms with Crippen LogP contribution in [0.15, 0.2) is 40.3 Å². The third-order valence-corrected chi connectivity index (χ3v) is 4.57. The molecule has 4 heterocycles. The predicted octanol–water partition coefficient (Wildman–Crippen LogP) is 3.53. The van der Waals surface area contributed by atoms with Gasteiger partial charge in [0.15, 0.2) is 0 Å². The van der Waals surface area contributed by atoms with Crippen molar-refractivity contribution in [3.63, 3.8) is 0 Å². The highest BCUT2D eigenvalue weighted by Crippen LogP contribution is 2.50. The van der Waals surface area contributed by atoms with Crippen LogP contribution >= 0.6 is 11.3 Å². The van der Waals surface area contributed by atoms with Crippen molar-refractivity contribution < 1.29 is 9.25 Å². The minimum absolute atomic E-state index is 0.288. The van der Waals surface area contributed by atoms with E-state index in [1.807, 2.05) is 12.1 Å². The van der Waals surface area contributed by atoms with Crippen molar-refractivity contribution in [1.82, 2.24) is 5.06 Å².